The molecule has 1 aliphatic heterocycles. The van der Waals surface area contributed by atoms with Gasteiger partial charge in [-0.15, -0.1) is 0 Å². The van der Waals surface area contributed by atoms with Gasteiger partial charge in [-0.2, -0.15) is 14.0 Å². The lowest BCUT2D eigenvalue weighted by Crippen LogP contribution is -2.50. The summed E-state index contributed by atoms with van der Waals surface area (Å²) in [6.45, 7) is 1.15. The number of fused-ring (bicyclic) bond motifs is 1. The first kappa shape index (κ1) is 16.8. The molecule has 1 N–H and O–H groups in total. The van der Waals surface area contributed by atoms with Gasteiger partial charge in [0.2, 0.25) is 0 Å². The average molecular weight is 345 g/mol. The smallest absolute Gasteiger partial charge is 0.423 e. The Kier molecular flexibility index (Phi) is 4.10. The molecule has 8 heteroatoms. The van der Waals surface area contributed by atoms with E-state index >= 15 is 0 Å². The van der Waals surface area contributed by atoms with Crippen LogP contribution in [0.1, 0.15) is 30.0 Å². The molecule has 0 fully saturated rings. The Labute approximate surface area is 141 Å². The third kappa shape index (κ3) is 3.02. The number of halogens is 2. The number of alkyl halides is 2. The SMILES string of the molecule is C[C@H](O)c1cccc2c1OC(F)(F)C(=O)N2Cc1cccc(C#N)n1. The summed E-state index contributed by atoms with van der Waals surface area (Å²) in [5.74, 6) is -1.79. The molecule has 6 nitrogen and oxygen atoms in total. The lowest BCUT2D eigenvalue weighted by molar-refractivity contribution is -0.193. The van der Waals surface area contributed by atoms with Crippen LogP contribution in [-0.2, 0) is 11.3 Å². The van der Waals surface area contributed by atoms with Crippen LogP contribution >= 0.6 is 0 Å². The highest BCUT2D eigenvalue weighted by atomic mass is 19.3. The van der Waals surface area contributed by atoms with Crippen LogP contribution in [0.15, 0.2) is 36.4 Å². The second-order valence-electron chi connectivity index (χ2n) is 5.51. The van der Waals surface area contributed by atoms with Gasteiger partial charge in [0, 0.05) is 5.56 Å². The molecule has 0 aliphatic carbocycles. The molecule has 2 aromatic rings. The van der Waals surface area contributed by atoms with E-state index in [1.807, 2.05) is 6.07 Å². The van der Waals surface area contributed by atoms with E-state index in [9.17, 15) is 18.7 Å². The molecule has 1 aromatic carbocycles. The molecule has 0 saturated heterocycles. The number of para-hydroxylation sites is 1. The van der Waals surface area contributed by atoms with Gasteiger partial charge >= 0.3 is 12.0 Å². The van der Waals surface area contributed by atoms with Crippen molar-refractivity contribution < 1.29 is 23.4 Å². The molecule has 1 aliphatic rings. The fraction of sp³-hybridized carbons (Fsp3) is 0.235. The van der Waals surface area contributed by atoms with Gasteiger partial charge in [0.15, 0.2) is 5.75 Å². The van der Waals surface area contributed by atoms with Crippen LogP contribution < -0.4 is 9.64 Å². The number of hydrogen-bond acceptors (Lipinski definition) is 5. The topological polar surface area (TPSA) is 86.5 Å². The van der Waals surface area contributed by atoms with Crippen molar-refractivity contribution in [2.75, 3.05) is 4.90 Å². The standard InChI is InChI=1S/C17H13F2N3O3/c1-10(23)13-6-3-7-14-15(13)25-17(18,19)16(24)22(14)9-12-5-2-4-11(8-20)21-12/h2-7,10,23H,9H2,1H3/t10-/m0/s1. The Morgan fingerprint density at radius 3 is 2.76 bits per heavy atom. The van der Waals surface area contributed by atoms with E-state index in [1.54, 1.807) is 6.07 Å². The lowest BCUT2D eigenvalue weighted by atomic mass is 10.1. The van der Waals surface area contributed by atoms with Crippen molar-refractivity contribution in [2.45, 2.75) is 25.7 Å². The molecule has 1 atom stereocenters. The minimum atomic E-state index is -4.06. The zero-order chi connectivity index (χ0) is 18.2. The molecule has 25 heavy (non-hydrogen) atoms. The van der Waals surface area contributed by atoms with Crippen molar-refractivity contribution in [3.05, 3.63) is 53.3 Å². The molecule has 0 saturated carbocycles. The van der Waals surface area contributed by atoms with E-state index < -0.39 is 18.1 Å². The molecule has 3 rings (SSSR count). The van der Waals surface area contributed by atoms with Crippen molar-refractivity contribution in [3.63, 3.8) is 0 Å². The van der Waals surface area contributed by atoms with Gasteiger partial charge in [-0.3, -0.25) is 9.69 Å². The number of rotatable bonds is 3. The number of hydrogen-bond donors (Lipinski definition) is 1. The maximum absolute atomic E-state index is 14.1. The first-order chi connectivity index (χ1) is 11.8. The van der Waals surface area contributed by atoms with E-state index in [2.05, 4.69) is 9.72 Å². The summed E-state index contributed by atoms with van der Waals surface area (Å²) in [4.78, 5) is 17.0. The van der Waals surface area contributed by atoms with Crippen LogP contribution in [0.3, 0.4) is 0 Å². The molecular formula is C17H13F2N3O3. The van der Waals surface area contributed by atoms with Gasteiger partial charge in [0.25, 0.3) is 0 Å². The summed E-state index contributed by atoms with van der Waals surface area (Å²) in [6, 6.07) is 10.8. The highest BCUT2D eigenvalue weighted by Crippen LogP contribution is 2.44. The normalized spacial score (nSPS) is 16.6. The van der Waals surface area contributed by atoms with Crippen LogP contribution in [0.5, 0.6) is 5.75 Å². The van der Waals surface area contributed by atoms with Crippen LogP contribution in [0.4, 0.5) is 14.5 Å². The first-order valence-electron chi connectivity index (χ1n) is 7.39. The highest BCUT2D eigenvalue weighted by Gasteiger charge is 2.51. The number of carbonyl (C=O) groups excluding carboxylic acids is 1. The summed E-state index contributed by atoms with van der Waals surface area (Å²) in [7, 11) is 0. The number of carbonyl (C=O) groups is 1. The summed E-state index contributed by atoms with van der Waals surface area (Å²) in [5.41, 5.74) is 0.647. The molecule has 0 bridgehead atoms. The summed E-state index contributed by atoms with van der Waals surface area (Å²) in [5, 5.41) is 18.7. The molecule has 1 amide bonds. The minimum absolute atomic E-state index is 0.110. The quantitative estimate of drug-likeness (QED) is 0.924. The number of nitrogens with zero attached hydrogens (tertiary/aromatic N) is 3. The molecule has 0 radical (unpaired) electrons. The number of aliphatic hydroxyl groups is 1. The monoisotopic (exact) mass is 345 g/mol. The number of aliphatic hydroxyl groups excluding tert-OH is 1. The molecular weight excluding hydrogens is 332 g/mol. The molecule has 128 valence electrons. The Bertz CT molecular complexity index is 878. The van der Waals surface area contributed by atoms with E-state index in [4.69, 9.17) is 5.26 Å². The fourth-order valence-electron chi connectivity index (χ4n) is 2.58. The molecule has 0 spiro atoms. The number of anilines is 1. The summed E-state index contributed by atoms with van der Waals surface area (Å²) in [6.07, 6.45) is -5.12. The maximum atomic E-state index is 14.1. The maximum Gasteiger partial charge on any atom is 0.483 e. The van der Waals surface area contributed by atoms with Crippen LogP contribution in [0.2, 0.25) is 0 Å². The minimum Gasteiger partial charge on any atom is -0.423 e. The van der Waals surface area contributed by atoms with Gasteiger partial charge in [0.1, 0.15) is 11.8 Å². The zero-order valence-electron chi connectivity index (χ0n) is 13.1. The van der Waals surface area contributed by atoms with Crippen molar-refractivity contribution in [1.82, 2.24) is 4.98 Å². The van der Waals surface area contributed by atoms with E-state index in [-0.39, 0.29) is 34.9 Å². The van der Waals surface area contributed by atoms with E-state index in [0.29, 0.717) is 0 Å². The van der Waals surface area contributed by atoms with Crippen molar-refractivity contribution in [3.8, 4) is 11.8 Å². The largest absolute Gasteiger partial charge is 0.483 e. The average Bonchev–Trinajstić information content (AvgIpc) is 2.58. The van der Waals surface area contributed by atoms with Crippen LogP contribution in [0, 0.1) is 11.3 Å². The number of aromatic nitrogens is 1. The summed E-state index contributed by atoms with van der Waals surface area (Å²) < 4.78 is 32.7. The van der Waals surface area contributed by atoms with E-state index in [1.165, 1.54) is 37.3 Å². The predicted molar refractivity (Wildman–Crippen MR) is 82.8 cm³/mol. The zero-order valence-corrected chi connectivity index (χ0v) is 13.1. The molecule has 1 aromatic heterocycles. The van der Waals surface area contributed by atoms with Gasteiger partial charge in [0.05, 0.1) is 24.0 Å². The van der Waals surface area contributed by atoms with Crippen molar-refractivity contribution in [1.29, 1.82) is 5.26 Å². The Morgan fingerprint density at radius 2 is 2.08 bits per heavy atom. The van der Waals surface area contributed by atoms with Gasteiger partial charge in [-0.05, 0) is 25.1 Å². The third-order valence-electron chi connectivity index (χ3n) is 3.73. The van der Waals surface area contributed by atoms with Gasteiger partial charge in [-0.25, -0.2) is 4.98 Å². The summed E-state index contributed by atoms with van der Waals surface area (Å²) >= 11 is 0. The van der Waals surface area contributed by atoms with Crippen molar-refractivity contribution in [2.24, 2.45) is 0 Å². The Balaban J connectivity index is 2.08. The number of amides is 1. The van der Waals surface area contributed by atoms with Gasteiger partial charge < -0.3 is 9.84 Å². The molecule has 2 heterocycles. The van der Waals surface area contributed by atoms with Crippen molar-refractivity contribution >= 4 is 11.6 Å². The second-order valence-corrected chi connectivity index (χ2v) is 5.51. The second kappa shape index (κ2) is 6.11. The fourth-order valence-corrected chi connectivity index (χ4v) is 2.58. The third-order valence-corrected chi connectivity index (χ3v) is 3.73. The van der Waals surface area contributed by atoms with Crippen LogP contribution in [0.25, 0.3) is 0 Å². The number of nitriles is 1. The Morgan fingerprint density at radius 1 is 1.36 bits per heavy atom. The van der Waals surface area contributed by atoms with Crippen LogP contribution in [-0.4, -0.2) is 22.1 Å². The Hall–Kier alpha value is -3.05. The van der Waals surface area contributed by atoms with Gasteiger partial charge in [-0.1, -0.05) is 18.2 Å². The van der Waals surface area contributed by atoms with E-state index in [0.717, 1.165) is 4.90 Å². The first-order valence-corrected chi connectivity index (χ1v) is 7.39. The number of benzene rings is 1. The number of ether oxygens (including phenoxy) is 1. The lowest BCUT2D eigenvalue weighted by Gasteiger charge is -2.34. The molecule has 0 unspecified atom stereocenters. The predicted octanol–water partition coefficient (Wildman–Crippen LogP) is 2.52. The number of pyridine rings is 1. The highest BCUT2D eigenvalue weighted by molar-refractivity contribution is 6.01.